The van der Waals surface area contributed by atoms with Crippen molar-refractivity contribution in [2.75, 3.05) is 40.9 Å². The lowest BCUT2D eigenvalue weighted by atomic mass is 9.98. The second-order valence-corrected chi connectivity index (χ2v) is 12.8. The number of amides is 2. The van der Waals surface area contributed by atoms with Gasteiger partial charge in [0.05, 0.1) is 54.0 Å². The number of ether oxygens (including phenoxy) is 2. The monoisotopic (exact) mass is 704 g/mol. The number of methoxy groups -OCH3 is 2. The molecule has 2 fully saturated rings. The van der Waals surface area contributed by atoms with E-state index in [4.69, 9.17) is 47.6 Å². The van der Waals surface area contributed by atoms with Crippen LogP contribution < -0.4 is 25.4 Å². The highest BCUT2D eigenvalue weighted by Gasteiger charge is 2.29. The first kappa shape index (κ1) is 34.5. The van der Waals surface area contributed by atoms with Crippen LogP contribution in [0, 0.1) is 5.92 Å². The number of aromatic nitrogens is 4. The third kappa shape index (κ3) is 7.62. The first-order chi connectivity index (χ1) is 23.8. The fraction of sp³-hybridized carbons (Fsp3) is 0.371. The van der Waals surface area contributed by atoms with Gasteiger partial charge in [-0.3, -0.25) is 24.5 Å². The molecule has 4 heterocycles. The van der Waals surface area contributed by atoms with Crippen molar-refractivity contribution in [3.8, 4) is 45.4 Å². The van der Waals surface area contributed by atoms with E-state index in [9.17, 15) is 9.59 Å². The van der Waals surface area contributed by atoms with Crippen molar-refractivity contribution >= 4 is 35.0 Å². The topological polar surface area (TPSA) is 143 Å². The van der Waals surface area contributed by atoms with Crippen molar-refractivity contribution < 1.29 is 19.1 Å². The molecule has 49 heavy (non-hydrogen) atoms. The molecule has 2 aliphatic rings. The number of likely N-dealkylation sites (tertiary alicyclic amines) is 1. The number of rotatable bonds is 12. The number of carbonyl (C=O) groups excluding carboxylic acids is 2. The van der Waals surface area contributed by atoms with Crippen LogP contribution in [0.5, 0.6) is 11.8 Å². The quantitative estimate of drug-likeness (QED) is 0.193. The van der Waals surface area contributed by atoms with E-state index in [0.29, 0.717) is 99.4 Å². The number of halogens is 2. The van der Waals surface area contributed by atoms with Crippen molar-refractivity contribution in [1.82, 2.24) is 40.8 Å². The second-order valence-electron chi connectivity index (χ2n) is 12.0. The molecule has 6 rings (SSSR count). The molecule has 14 heteroatoms. The summed E-state index contributed by atoms with van der Waals surface area (Å²) < 4.78 is 11.2. The average Bonchev–Trinajstić information content (AvgIpc) is 3.77. The van der Waals surface area contributed by atoms with Gasteiger partial charge in [0, 0.05) is 67.9 Å². The van der Waals surface area contributed by atoms with Crippen LogP contribution in [0.1, 0.15) is 30.7 Å². The van der Waals surface area contributed by atoms with Crippen LogP contribution in [0.15, 0.2) is 48.8 Å². The summed E-state index contributed by atoms with van der Waals surface area (Å²) in [6, 6.07) is 11.5. The molecule has 2 aromatic carbocycles. The molecule has 2 amide bonds. The number of nitrogens with one attached hydrogen (secondary N) is 3. The SMILES string of the molecule is CNC(=O)C1CCN(Cc2ncc(-c3cccc(-c4cccc(-c5cnc(CNCC6CCC(=O)N6)c(OC)n5)c4Cl)c3Cl)nc2OC)C1. The Kier molecular flexibility index (Phi) is 10.9. The summed E-state index contributed by atoms with van der Waals surface area (Å²) in [6.45, 7) is 3.03. The van der Waals surface area contributed by atoms with E-state index in [0.717, 1.165) is 19.4 Å². The van der Waals surface area contributed by atoms with Gasteiger partial charge >= 0.3 is 0 Å². The lowest BCUT2D eigenvalue weighted by molar-refractivity contribution is -0.124. The second kappa shape index (κ2) is 15.5. The van der Waals surface area contributed by atoms with Crippen LogP contribution >= 0.6 is 23.2 Å². The van der Waals surface area contributed by atoms with Crippen molar-refractivity contribution in [1.29, 1.82) is 0 Å². The van der Waals surface area contributed by atoms with Gasteiger partial charge in [0.2, 0.25) is 23.6 Å². The summed E-state index contributed by atoms with van der Waals surface area (Å²) in [7, 11) is 4.78. The molecule has 0 radical (unpaired) electrons. The van der Waals surface area contributed by atoms with E-state index in [1.165, 1.54) is 0 Å². The highest BCUT2D eigenvalue weighted by Crippen LogP contribution is 2.42. The van der Waals surface area contributed by atoms with Crippen LogP contribution in [0.25, 0.3) is 33.6 Å². The van der Waals surface area contributed by atoms with Gasteiger partial charge < -0.3 is 25.4 Å². The van der Waals surface area contributed by atoms with Gasteiger partial charge in [-0.1, -0.05) is 59.6 Å². The van der Waals surface area contributed by atoms with Crippen LogP contribution in [0.4, 0.5) is 0 Å². The largest absolute Gasteiger partial charge is 0.480 e. The molecule has 2 aliphatic heterocycles. The fourth-order valence-electron chi connectivity index (χ4n) is 6.29. The minimum atomic E-state index is -0.0373. The van der Waals surface area contributed by atoms with Gasteiger partial charge in [0.15, 0.2) is 0 Å². The number of carbonyl (C=O) groups is 2. The molecular formula is C35H38Cl2N8O4. The predicted molar refractivity (Wildman–Crippen MR) is 187 cm³/mol. The maximum atomic E-state index is 12.1. The summed E-state index contributed by atoms with van der Waals surface area (Å²) >= 11 is 14.1. The Morgan fingerprint density at radius 1 is 0.918 bits per heavy atom. The highest BCUT2D eigenvalue weighted by molar-refractivity contribution is 6.39. The summed E-state index contributed by atoms with van der Waals surface area (Å²) in [5.41, 5.74) is 5.22. The molecule has 256 valence electrons. The van der Waals surface area contributed by atoms with Gasteiger partial charge in [-0.15, -0.1) is 0 Å². The maximum absolute atomic E-state index is 12.1. The van der Waals surface area contributed by atoms with Crippen molar-refractivity contribution in [2.45, 2.75) is 38.4 Å². The smallest absolute Gasteiger partial charge is 0.237 e. The molecular weight excluding hydrogens is 667 g/mol. The number of hydrogen-bond acceptors (Lipinski definition) is 10. The molecule has 0 aliphatic carbocycles. The molecule has 0 saturated carbocycles. The minimum absolute atomic E-state index is 0.0373. The van der Waals surface area contributed by atoms with E-state index >= 15 is 0 Å². The number of benzene rings is 2. The lowest BCUT2D eigenvalue weighted by Crippen LogP contribution is -2.35. The van der Waals surface area contributed by atoms with Crippen molar-refractivity contribution in [2.24, 2.45) is 5.92 Å². The fourth-order valence-corrected chi connectivity index (χ4v) is 6.94. The van der Waals surface area contributed by atoms with E-state index in [-0.39, 0.29) is 23.8 Å². The van der Waals surface area contributed by atoms with Gasteiger partial charge in [0.25, 0.3) is 0 Å². The molecule has 2 saturated heterocycles. The normalized spacial score (nSPS) is 17.6. The van der Waals surface area contributed by atoms with Gasteiger partial charge in [0.1, 0.15) is 11.4 Å². The van der Waals surface area contributed by atoms with E-state index in [1.807, 2.05) is 36.4 Å². The maximum Gasteiger partial charge on any atom is 0.237 e. The van der Waals surface area contributed by atoms with Gasteiger partial charge in [-0.05, 0) is 19.4 Å². The Bertz CT molecular complexity index is 1860. The third-order valence-corrected chi connectivity index (χ3v) is 9.69. The van der Waals surface area contributed by atoms with Gasteiger partial charge in [-0.2, -0.15) is 0 Å². The zero-order valence-electron chi connectivity index (χ0n) is 27.6. The average molecular weight is 706 g/mol. The van der Waals surface area contributed by atoms with Gasteiger partial charge in [-0.25, -0.2) is 9.97 Å². The Balaban J connectivity index is 1.22. The lowest BCUT2D eigenvalue weighted by Gasteiger charge is -2.17. The Morgan fingerprint density at radius 3 is 2.08 bits per heavy atom. The predicted octanol–water partition coefficient (Wildman–Crippen LogP) is 4.53. The van der Waals surface area contributed by atoms with Crippen molar-refractivity contribution in [3.05, 3.63) is 70.2 Å². The molecule has 4 aromatic rings. The van der Waals surface area contributed by atoms with Crippen LogP contribution in [-0.4, -0.2) is 83.6 Å². The minimum Gasteiger partial charge on any atom is -0.480 e. The molecule has 2 aromatic heterocycles. The summed E-state index contributed by atoms with van der Waals surface area (Å²) in [6.07, 6.45) is 5.52. The van der Waals surface area contributed by atoms with Crippen LogP contribution in [0.2, 0.25) is 10.0 Å². The first-order valence-electron chi connectivity index (χ1n) is 16.1. The van der Waals surface area contributed by atoms with E-state index < -0.39 is 0 Å². The molecule has 0 spiro atoms. The highest BCUT2D eigenvalue weighted by atomic mass is 35.5. The third-order valence-electron chi connectivity index (χ3n) is 8.88. The van der Waals surface area contributed by atoms with Crippen LogP contribution in [0.3, 0.4) is 0 Å². The summed E-state index contributed by atoms with van der Waals surface area (Å²) in [5.74, 6) is 0.882. The first-order valence-corrected chi connectivity index (χ1v) is 16.9. The zero-order chi connectivity index (χ0) is 34.5. The van der Waals surface area contributed by atoms with E-state index in [1.54, 1.807) is 33.7 Å². The number of hydrogen-bond donors (Lipinski definition) is 3. The molecule has 2 unspecified atom stereocenters. The summed E-state index contributed by atoms with van der Waals surface area (Å²) in [5, 5.41) is 9.93. The number of nitrogens with zero attached hydrogens (tertiary/aromatic N) is 5. The van der Waals surface area contributed by atoms with Crippen LogP contribution in [-0.2, 0) is 22.7 Å². The molecule has 3 N–H and O–H groups in total. The Morgan fingerprint density at radius 2 is 1.51 bits per heavy atom. The zero-order valence-corrected chi connectivity index (χ0v) is 29.1. The molecule has 12 nitrogen and oxygen atoms in total. The molecule has 0 bridgehead atoms. The van der Waals surface area contributed by atoms with E-state index in [2.05, 4.69) is 25.8 Å². The molecule has 2 atom stereocenters. The van der Waals surface area contributed by atoms with Crippen molar-refractivity contribution in [3.63, 3.8) is 0 Å². The Labute approximate surface area is 295 Å². The Hall–Kier alpha value is -4.36. The standard InChI is InChI=1S/C35H38Cl2N8O4/c1-38-33(47)20-12-13-45(18-20)19-29-35(49-3)44-27(17-41-29)25-9-5-7-23(32(25)37)22-6-4-8-24(31(22)36)26-16-40-28(34(43-26)48-2)15-39-14-21-10-11-30(46)42-21/h4-9,16-17,20-21,39H,10-15,18-19H2,1-3H3,(H,38,47)(H,42,46). The summed E-state index contributed by atoms with van der Waals surface area (Å²) in [4.78, 5) is 44.6.